The van der Waals surface area contributed by atoms with Crippen LogP contribution in [0.25, 0.3) is 0 Å². The van der Waals surface area contributed by atoms with Gasteiger partial charge in [0, 0.05) is 15.6 Å². The van der Waals surface area contributed by atoms with E-state index >= 15 is 0 Å². The summed E-state index contributed by atoms with van der Waals surface area (Å²) in [6.45, 7) is 1.81. The summed E-state index contributed by atoms with van der Waals surface area (Å²) in [6.07, 6.45) is 0. The second kappa shape index (κ2) is 6.32. The Hall–Kier alpha value is -1.79. The van der Waals surface area contributed by atoms with Gasteiger partial charge >= 0.3 is 0 Å². The minimum atomic E-state index is -0.580. The van der Waals surface area contributed by atoms with E-state index in [1.54, 1.807) is 18.2 Å². The maximum absolute atomic E-state index is 13.9. The molecule has 0 saturated heterocycles. The van der Waals surface area contributed by atoms with Crippen molar-refractivity contribution >= 4 is 44.7 Å². The van der Waals surface area contributed by atoms with E-state index < -0.39 is 5.82 Å². The molecule has 0 aliphatic carbocycles. The third kappa shape index (κ3) is 3.65. The van der Waals surface area contributed by atoms with Crippen LogP contribution >= 0.6 is 28.1 Å². The fraction of sp³-hybridized carbons (Fsp3) is 0.0667. The molecule has 0 aromatic heterocycles. The summed E-state index contributed by atoms with van der Waals surface area (Å²) < 4.78 is 14.8. The monoisotopic (exact) mass is 366 g/mol. The van der Waals surface area contributed by atoms with Crippen LogP contribution in [0.2, 0.25) is 0 Å². The van der Waals surface area contributed by atoms with E-state index in [1.165, 1.54) is 12.1 Å². The molecule has 3 N–H and O–H groups in total. The zero-order valence-corrected chi connectivity index (χ0v) is 13.5. The van der Waals surface area contributed by atoms with Crippen LogP contribution in [-0.4, -0.2) is 10.9 Å². The Kier molecular flexibility index (Phi) is 4.69. The van der Waals surface area contributed by atoms with Gasteiger partial charge in [-0.05, 0) is 48.9 Å². The number of nitrogens with one attached hydrogen (secondary N) is 1. The number of hydrogen-bond acceptors (Lipinski definition) is 2. The highest BCUT2D eigenvalue weighted by Crippen LogP contribution is 2.20. The summed E-state index contributed by atoms with van der Waals surface area (Å²) in [5, 5.41) is 2.54. The lowest BCUT2D eigenvalue weighted by Crippen LogP contribution is -2.15. The molecular formula is C15H12BrFN2OS. The molecule has 0 spiro atoms. The molecule has 3 nitrogen and oxygen atoms in total. The molecule has 0 aliphatic heterocycles. The first kappa shape index (κ1) is 15.6. The highest BCUT2D eigenvalue weighted by atomic mass is 79.9. The van der Waals surface area contributed by atoms with Crippen LogP contribution < -0.4 is 11.1 Å². The van der Waals surface area contributed by atoms with Crippen molar-refractivity contribution in [1.29, 1.82) is 0 Å². The Bertz CT molecular complexity index is 734. The molecule has 0 aliphatic rings. The predicted octanol–water partition coefficient (Wildman–Crippen LogP) is 3.78. The molecular weight excluding hydrogens is 355 g/mol. The molecule has 0 radical (unpaired) electrons. The fourth-order valence-electron chi connectivity index (χ4n) is 1.84. The predicted molar refractivity (Wildman–Crippen MR) is 89.1 cm³/mol. The van der Waals surface area contributed by atoms with Gasteiger partial charge in [-0.3, -0.25) is 4.79 Å². The lowest BCUT2D eigenvalue weighted by Gasteiger charge is -2.10. The molecule has 0 unspecified atom stereocenters. The number of amides is 1. The molecule has 108 valence electrons. The largest absolute Gasteiger partial charge is 0.389 e. The average Bonchev–Trinajstić information content (AvgIpc) is 2.40. The van der Waals surface area contributed by atoms with Crippen molar-refractivity contribution < 1.29 is 9.18 Å². The SMILES string of the molecule is Cc1cc(Br)ccc1C(=O)Nc1ccc(C(N)=S)cc1F. The van der Waals surface area contributed by atoms with Crippen molar-refractivity contribution in [2.24, 2.45) is 5.73 Å². The fourth-order valence-corrected chi connectivity index (χ4v) is 2.44. The molecule has 2 aromatic rings. The van der Waals surface area contributed by atoms with E-state index in [-0.39, 0.29) is 16.6 Å². The number of thiocarbonyl (C=S) groups is 1. The van der Waals surface area contributed by atoms with E-state index in [9.17, 15) is 9.18 Å². The minimum absolute atomic E-state index is 0.0855. The summed E-state index contributed by atoms with van der Waals surface area (Å²) in [5.74, 6) is -0.953. The number of anilines is 1. The van der Waals surface area contributed by atoms with Crippen LogP contribution in [0.15, 0.2) is 40.9 Å². The van der Waals surface area contributed by atoms with Crippen LogP contribution in [-0.2, 0) is 0 Å². The summed E-state index contributed by atoms with van der Waals surface area (Å²) in [6, 6.07) is 9.46. The lowest BCUT2D eigenvalue weighted by atomic mass is 10.1. The van der Waals surface area contributed by atoms with Gasteiger partial charge in [0.05, 0.1) is 5.69 Å². The number of benzene rings is 2. The van der Waals surface area contributed by atoms with Crippen LogP contribution in [0, 0.1) is 12.7 Å². The van der Waals surface area contributed by atoms with E-state index in [0.29, 0.717) is 11.1 Å². The highest BCUT2D eigenvalue weighted by Gasteiger charge is 2.12. The number of carbonyl (C=O) groups excluding carboxylic acids is 1. The smallest absolute Gasteiger partial charge is 0.256 e. The standard InChI is InChI=1S/C15H12BrFN2OS/c1-8-6-10(16)3-4-11(8)15(20)19-13-5-2-9(14(18)21)7-12(13)17/h2-7H,1H3,(H2,18,21)(H,19,20). The van der Waals surface area contributed by atoms with Crippen molar-refractivity contribution in [3.8, 4) is 0 Å². The maximum Gasteiger partial charge on any atom is 0.256 e. The molecule has 0 heterocycles. The van der Waals surface area contributed by atoms with Crippen molar-refractivity contribution in [2.45, 2.75) is 6.92 Å². The summed E-state index contributed by atoms with van der Waals surface area (Å²) in [5.41, 5.74) is 7.21. The number of halogens is 2. The van der Waals surface area contributed by atoms with Crippen LogP contribution in [0.3, 0.4) is 0 Å². The minimum Gasteiger partial charge on any atom is -0.389 e. The van der Waals surface area contributed by atoms with Crippen molar-refractivity contribution in [1.82, 2.24) is 0 Å². The summed E-state index contributed by atoms with van der Waals surface area (Å²) >= 11 is 8.11. The maximum atomic E-state index is 13.9. The molecule has 21 heavy (non-hydrogen) atoms. The first-order chi connectivity index (χ1) is 9.88. The Morgan fingerprint density at radius 2 is 2.00 bits per heavy atom. The lowest BCUT2D eigenvalue weighted by molar-refractivity contribution is 0.102. The number of hydrogen-bond donors (Lipinski definition) is 2. The third-order valence-electron chi connectivity index (χ3n) is 2.93. The van der Waals surface area contributed by atoms with Gasteiger partial charge in [0.25, 0.3) is 5.91 Å². The number of aryl methyl sites for hydroxylation is 1. The first-order valence-corrected chi connectivity index (χ1v) is 7.25. The molecule has 0 fully saturated rings. The van der Waals surface area contributed by atoms with Gasteiger partial charge in [-0.15, -0.1) is 0 Å². The van der Waals surface area contributed by atoms with E-state index in [0.717, 1.165) is 10.0 Å². The van der Waals surface area contributed by atoms with Gasteiger partial charge in [0.2, 0.25) is 0 Å². The number of nitrogens with two attached hydrogens (primary N) is 1. The molecule has 1 amide bonds. The van der Waals surface area contributed by atoms with Gasteiger partial charge < -0.3 is 11.1 Å². The Balaban J connectivity index is 2.25. The van der Waals surface area contributed by atoms with Crippen molar-refractivity contribution in [3.05, 3.63) is 63.4 Å². The molecule has 2 aromatic carbocycles. The van der Waals surface area contributed by atoms with Crippen LogP contribution in [0.4, 0.5) is 10.1 Å². The molecule has 2 rings (SSSR count). The van der Waals surface area contributed by atoms with Gasteiger partial charge in [0.1, 0.15) is 10.8 Å². The van der Waals surface area contributed by atoms with Crippen LogP contribution in [0.1, 0.15) is 21.5 Å². The second-order valence-corrected chi connectivity index (χ2v) is 5.83. The van der Waals surface area contributed by atoms with Gasteiger partial charge in [0.15, 0.2) is 0 Å². The third-order valence-corrected chi connectivity index (χ3v) is 3.66. The molecule has 0 saturated carbocycles. The quantitative estimate of drug-likeness (QED) is 0.812. The Morgan fingerprint density at radius 3 is 2.57 bits per heavy atom. The van der Waals surface area contributed by atoms with Crippen molar-refractivity contribution in [3.63, 3.8) is 0 Å². The highest BCUT2D eigenvalue weighted by molar-refractivity contribution is 9.10. The van der Waals surface area contributed by atoms with Gasteiger partial charge in [-0.25, -0.2) is 4.39 Å². The van der Waals surface area contributed by atoms with Crippen molar-refractivity contribution in [2.75, 3.05) is 5.32 Å². The molecule has 0 atom stereocenters. The zero-order chi connectivity index (χ0) is 15.6. The number of carbonyl (C=O) groups is 1. The van der Waals surface area contributed by atoms with Gasteiger partial charge in [-0.1, -0.05) is 28.1 Å². The van der Waals surface area contributed by atoms with Crippen LogP contribution in [0.5, 0.6) is 0 Å². The van der Waals surface area contributed by atoms with E-state index in [4.69, 9.17) is 18.0 Å². The van der Waals surface area contributed by atoms with E-state index in [2.05, 4.69) is 21.2 Å². The van der Waals surface area contributed by atoms with E-state index in [1.807, 2.05) is 13.0 Å². The Morgan fingerprint density at radius 1 is 1.29 bits per heavy atom. The summed E-state index contributed by atoms with van der Waals surface area (Å²) in [4.78, 5) is 12.3. The average molecular weight is 367 g/mol. The zero-order valence-electron chi connectivity index (χ0n) is 11.1. The molecule has 6 heteroatoms. The molecule has 0 bridgehead atoms. The number of rotatable bonds is 3. The topological polar surface area (TPSA) is 55.1 Å². The summed E-state index contributed by atoms with van der Waals surface area (Å²) in [7, 11) is 0. The second-order valence-electron chi connectivity index (χ2n) is 4.47. The normalized spacial score (nSPS) is 10.2. The van der Waals surface area contributed by atoms with Gasteiger partial charge in [-0.2, -0.15) is 0 Å². The Labute approximate surface area is 135 Å². The first-order valence-electron chi connectivity index (χ1n) is 6.05.